The maximum atomic E-state index is 5.67. The second-order valence-corrected chi connectivity index (χ2v) is 4.12. The third-order valence-electron chi connectivity index (χ3n) is 2.64. The van der Waals surface area contributed by atoms with E-state index in [9.17, 15) is 0 Å². The molecule has 0 spiro atoms. The summed E-state index contributed by atoms with van der Waals surface area (Å²) in [6.45, 7) is 1.27. The molecular formula is C16H18N2O. The van der Waals surface area contributed by atoms with Crippen LogP contribution in [0.2, 0.25) is 0 Å². The fraction of sp³-hybridized carbons (Fsp3) is 0.188. The van der Waals surface area contributed by atoms with Gasteiger partial charge in [-0.25, -0.2) is 4.98 Å². The average Bonchev–Trinajstić information content (AvgIpc) is 2.47. The minimum absolute atomic E-state index is 0.516. The van der Waals surface area contributed by atoms with Crippen LogP contribution in [0.5, 0.6) is 5.88 Å². The van der Waals surface area contributed by atoms with Crippen molar-refractivity contribution in [2.75, 3.05) is 13.7 Å². The molecule has 0 aliphatic carbocycles. The lowest BCUT2D eigenvalue weighted by molar-refractivity contribution is 0.344. The Bertz CT molecular complexity index is 523. The van der Waals surface area contributed by atoms with Crippen molar-refractivity contribution in [1.29, 1.82) is 0 Å². The van der Waals surface area contributed by atoms with E-state index in [0.717, 1.165) is 12.1 Å². The van der Waals surface area contributed by atoms with Crippen LogP contribution in [0.15, 0.2) is 54.7 Å². The summed E-state index contributed by atoms with van der Waals surface area (Å²) >= 11 is 0. The van der Waals surface area contributed by atoms with Gasteiger partial charge in [-0.15, -0.1) is 0 Å². The number of ether oxygens (including phenoxy) is 1. The van der Waals surface area contributed by atoms with Gasteiger partial charge in [-0.3, -0.25) is 0 Å². The first kappa shape index (κ1) is 13.3. The molecule has 0 aliphatic rings. The summed E-state index contributed by atoms with van der Waals surface area (Å²) in [4.78, 5) is 4.25. The average molecular weight is 254 g/mol. The van der Waals surface area contributed by atoms with Crippen LogP contribution < -0.4 is 10.1 Å². The Kier molecular flexibility index (Phi) is 5.14. The van der Waals surface area contributed by atoms with Gasteiger partial charge in [0.2, 0.25) is 5.88 Å². The molecule has 1 N–H and O–H groups in total. The molecule has 0 saturated carbocycles. The van der Waals surface area contributed by atoms with Crippen molar-refractivity contribution in [3.63, 3.8) is 0 Å². The summed E-state index contributed by atoms with van der Waals surface area (Å²) in [5.74, 6) is 0.689. The summed E-state index contributed by atoms with van der Waals surface area (Å²) < 4.78 is 5.67. The first-order valence-electron chi connectivity index (χ1n) is 6.33. The molecule has 2 rings (SSSR count). The van der Waals surface area contributed by atoms with Crippen LogP contribution in [-0.4, -0.2) is 18.6 Å². The zero-order valence-electron chi connectivity index (χ0n) is 11.0. The number of benzene rings is 1. The Labute approximate surface area is 114 Å². The fourth-order valence-electron chi connectivity index (χ4n) is 1.75. The van der Waals surface area contributed by atoms with Crippen molar-refractivity contribution in [2.45, 2.75) is 6.54 Å². The topological polar surface area (TPSA) is 34.2 Å². The highest BCUT2D eigenvalue weighted by Gasteiger charge is 2.01. The molecule has 0 fully saturated rings. The van der Waals surface area contributed by atoms with Gasteiger partial charge in [0.15, 0.2) is 0 Å². The molecule has 0 unspecified atom stereocenters. The van der Waals surface area contributed by atoms with Gasteiger partial charge in [-0.05, 0) is 24.8 Å². The van der Waals surface area contributed by atoms with E-state index >= 15 is 0 Å². The Morgan fingerprint density at radius 3 is 2.79 bits per heavy atom. The van der Waals surface area contributed by atoms with Crippen LogP contribution in [-0.2, 0) is 6.54 Å². The van der Waals surface area contributed by atoms with Crippen LogP contribution in [0.1, 0.15) is 11.1 Å². The fourth-order valence-corrected chi connectivity index (χ4v) is 1.75. The van der Waals surface area contributed by atoms with Gasteiger partial charge in [0, 0.05) is 18.3 Å². The molecule has 1 aromatic carbocycles. The van der Waals surface area contributed by atoms with Gasteiger partial charge in [0.05, 0.1) is 0 Å². The van der Waals surface area contributed by atoms with Crippen molar-refractivity contribution in [3.05, 3.63) is 65.9 Å². The smallest absolute Gasteiger partial charge is 0.218 e. The molecule has 0 bridgehead atoms. The van der Waals surface area contributed by atoms with Gasteiger partial charge in [-0.1, -0.05) is 42.5 Å². The van der Waals surface area contributed by atoms with Crippen molar-refractivity contribution >= 4 is 6.08 Å². The molecule has 3 nitrogen and oxygen atoms in total. The highest BCUT2D eigenvalue weighted by Crippen LogP contribution is 2.13. The zero-order valence-corrected chi connectivity index (χ0v) is 11.0. The van der Waals surface area contributed by atoms with E-state index in [-0.39, 0.29) is 0 Å². The maximum absolute atomic E-state index is 5.67. The SMILES string of the molecule is CNCc1cccnc1OCC=Cc1ccccc1. The monoisotopic (exact) mass is 254 g/mol. The van der Waals surface area contributed by atoms with E-state index in [1.54, 1.807) is 6.20 Å². The highest BCUT2D eigenvalue weighted by atomic mass is 16.5. The molecule has 3 heteroatoms. The molecule has 98 valence electrons. The summed E-state index contributed by atoms with van der Waals surface area (Å²) in [6, 6.07) is 14.1. The lowest BCUT2D eigenvalue weighted by atomic mass is 10.2. The Morgan fingerprint density at radius 2 is 2.00 bits per heavy atom. The lowest BCUT2D eigenvalue weighted by Gasteiger charge is -2.07. The quantitative estimate of drug-likeness (QED) is 0.860. The number of rotatable bonds is 6. The number of nitrogens with zero attached hydrogens (tertiary/aromatic N) is 1. The zero-order chi connectivity index (χ0) is 13.3. The molecule has 19 heavy (non-hydrogen) atoms. The number of hydrogen-bond donors (Lipinski definition) is 1. The molecule has 0 amide bonds. The molecule has 2 aromatic rings. The van der Waals surface area contributed by atoms with Crippen LogP contribution in [0, 0.1) is 0 Å². The van der Waals surface area contributed by atoms with Gasteiger partial charge in [0.1, 0.15) is 6.61 Å². The maximum Gasteiger partial charge on any atom is 0.218 e. The number of aromatic nitrogens is 1. The molecule has 0 radical (unpaired) electrons. The second kappa shape index (κ2) is 7.34. The highest BCUT2D eigenvalue weighted by molar-refractivity contribution is 5.48. The number of pyridine rings is 1. The van der Waals surface area contributed by atoms with Crippen LogP contribution in [0.4, 0.5) is 0 Å². The Hall–Kier alpha value is -2.13. The van der Waals surface area contributed by atoms with Gasteiger partial charge in [0.25, 0.3) is 0 Å². The van der Waals surface area contributed by atoms with Crippen molar-refractivity contribution in [3.8, 4) is 5.88 Å². The largest absolute Gasteiger partial charge is 0.473 e. The standard InChI is InChI=1S/C16H18N2O/c1-17-13-15-10-5-11-18-16(15)19-12-6-9-14-7-3-2-4-8-14/h2-11,17H,12-13H2,1H3. The third kappa shape index (κ3) is 4.23. The number of nitrogens with one attached hydrogen (secondary N) is 1. The van der Waals surface area contributed by atoms with E-state index in [0.29, 0.717) is 12.5 Å². The summed E-state index contributed by atoms with van der Waals surface area (Å²) in [5, 5.41) is 3.10. The summed E-state index contributed by atoms with van der Waals surface area (Å²) in [5.41, 5.74) is 2.24. The molecule has 1 aromatic heterocycles. The molecule has 1 heterocycles. The van der Waals surface area contributed by atoms with Crippen LogP contribution in [0.3, 0.4) is 0 Å². The predicted octanol–water partition coefficient (Wildman–Crippen LogP) is 2.89. The van der Waals surface area contributed by atoms with E-state index in [1.807, 2.05) is 49.5 Å². The van der Waals surface area contributed by atoms with Gasteiger partial charge < -0.3 is 10.1 Å². The van der Waals surface area contributed by atoms with Crippen molar-refractivity contribution in [2.24, 2.45) is 0 Å². The normalized spacial score (nSPS) is 10.8. The Morgan fingerprint density at radius 1 is 1.16 bits per heavy atom. The predicted molar refractivity (Wildman–Crippen MR) is 78.0 cm³/mol. The van der Waals surface area contributed by atoms with E-state index in [4.69, 9.17) is 4.74 Å². The van der Waals surface area contributed by atoms with Gasteiger partial charge >= 0.3 is 0 Å². The minimum Gasteiger partial charge on any atom is -0.473 e. The van der Waals surface area contributed by atoms with E-state index < -0.39 is 0 Å². The van der Waals surface area contributed by atoms with E-state index in [1.165, 1.54) is 5.56 Å². The van der Waals surface area contributed by atoms with Crippen molar-refractivity contribution in [1.82, 2.24) is 10.3 Å². The third-order valence-corrected chi connectivity index (χ3v) is 2.64. The summed E-state index contributed by atoms with van der Waals surface area (Å²) in [7, 11) is 1.91. The lowest BCUT2D eigenvalue weighted by Crippen LogP contribution is -2.08. The van der Waals surface area contributed by atoms with Gasteiger partial charge in [-0.2, -0.15) is 0 Å². The summed E-state index contributed by atoms with van der Waals surface area (Å²) in [6.07, 6.45) is 5.78. The molecule has 0 saturated heterocycles. The molecular weight excluding hydrogens is 236 g/mol. The number of hydrogen-bond acceptors (Lipinski definition) is 3. The van der Waals surface area contributed by atoms with Crippen molar-refractivity contribution < 1.29 is 4.74 Å². The Balaban J connectivity index is 1.91. The minimum atomic E-state index is 0.516. The molecule has 0 aliphatic heterocycles. The van der Waals surface area contributed by atoms with Crippen LogP contribution in [0.25, 0.3) is 6.08 Å². The first-order chi connectivity index (χ1) is 9.40. The first-order valence-corrected chi connectivity index (χ1v) is 6.33. The van der Waals surface area contributed by atoms with Crippen LogP contribution >= 0.6 is 0 Å². The second-order valence-electron chi connectivity index (χ2n) is 4.12. The van der Waals surface area contributed by atoms with E-state index in [2.05, 4.69) is 22.4 Å². The molecule has 0 atom stereocenters.